The van der Waals surface area contributed by atoms with Crippen molar-refractivity contribution in [2.24, 2.45) is 5.92 Å². The Kier molecular flexibility index (Phi) is 11.2. The van der Waals surface area contributed by atoms with Gasteiger partial charge >= 0.3 is 24.3 Å². The van der Waals surface area contributed by atoms with Gasteiger partial charge in [-0.25, -0.2) is 9.59 Å². The topological polar surface area (TPSA) is 138 Å². The minimum Gasteiger partial charge on any atom is -0.475 e. The van der Waals surface area contributed by atoms with E-state index in [1.807, 2.05) is 6.20 Å². The predicted molar refractivity (Wildman–Crippen MR) is 122 cm³/mol. The highest BCUT2D eigenvalue weighted by Gasteiger charge is 2.39. The number of amides is 1. The maximum absolute atomic E-state index is 12.2. The molecule has 3 heterocycles. The van der Waals surface area contributed by atoms with Gasteiger partial charge in [-0.05, 0) is 43.4 Å². The quantitative estimate of drug-likeness (QED) is 0.468. The average Bonchev–Trinajstić information content (AvgIpc) is 3.17. The van der Waals surface area contributed by atoms with E-state index in [1.54, 1.807) is 24.5 Å². The number of aromatic nitrogens is 3. The van der Waals surface area contributed by atoms with Gasteiger partial charge in [0.15, 0.2) is 0 Å². The lowest BCUT2D eigenvalue weighted by atomic mass is 9.90. The summed E-state index contributed by atoms with van der Waals surface area (Å²) >= 11 is 0. The van der Waals surface area contributed by atoms with Crippen LogP contribution in [-0.4, -0.2) is 79.2 Å². The molecule has 2 aromatic rings. The number of carboxylic acid groups (broad SMARTS) is 2. The van der Waals surface area contributed by atoms with Crippen molar-refractivity contribution in [1.82, 2.24) is 25.0 Å². The molecule has 0 radical (unpaired) electrons. The zero-order valence-corrected chi connectivity index (χ0v) is 20.5. The molecular weight excluding hydrogens is 540 g/mol. The van der Waals surface area contributed by atoms with Crippen molar-refractivity contribution >= 4 is 17.8 Å². The lowest BCUT2D eigenvalue weighted by Gasteiger charge is -2.38. The Morgan fingerprint density at radius 1 is 0.974 bits per heavy atom. The fourth-order valence-electron chi connectivity index (χ4n) is 3.77. The van der Waals surface area contributed by atoms with Crippen LogP contribution in [0.3, 0.4) is 0 Å². The number of nitrogens with one attached hydrogen (secondary N) is 1. The van der Waals surface area contributed by atoms with E-state index < -0.39 is 24.3 Å². The number of pyridine rings is 1. The zero-order valence-electron chi connectivity index (χ0n) is 20.5. The number of carbonyl (C=O) groups excluding carboxylic acids is 1. The van der Waals surface area contributed by atoms with E-state index in [4.69, 9.17) is 19.8 Å². The number of alkyl halides is 6. The molecule has 0 bridgehead atoms. The fourth-order valence-corrected chi connectivity index (χ4v) is 3.77. The molecule has 1 fully saturated rings. The summed E-state index contributed by atoms with van der Waals surface area (Å²) in [5.41, 5.74) is 1.93. The van der Waals surface area contributed by atoms with Gasteiger partial charge in [-0.1, -0.05) is 6.42 Å². The number of nitrogens with zero attached hydrogens (tertiary/aromatic N) is 4. The summed E-state index contributed by atoms with van der Waals surface area (Å²) in [7, 11) is 0. The first kappa shape index (κ1) is 31.5. The molecule has 3 N–H and O–H groups in total. The average molecular weight is 567 g/mol. The van der Waals surface area contributed by atoms with Crippen molar-refractivity contribution in [3.63, 3.8) is 0 Å². The Hall–Kier alpha value is -3.69. The Labute approximate surface area is 218 Å². The van der Waals surface area contributed by atoms with Crippen molar-refractivity contribution in [2.45, 2.75) is 57.2 Å². The summed E-state index contributed by atoms with van der Waals surface area (Å²) in [6.45, 7) is 3.72. The van der Waals surface area contributed by atoms with Gasteiger partial charge in [-0.3, -0.25) is 19.4 Å². The van der Waals surface area contributed by atoms with Crippen LogP contribution in [0.15, 0.2) is 36.8 Å². The third-order valence-corrected chi connectivity index (χ3v) is 5.93. The molecule has 0 saturated heterocycles. The van der Waals surface area contributed by atoms with Crippen LogP contribution >= 0.6 is 0 Å². The minimum atomic E-state index is -5.08. The molecule has 1 amide bonds. The Morgan fingerprint density at radius 3 is 2.08 bits per heavy atom. The van der Waals surface area contributed by atoms with Gasteiger partial charge in [0, 0.05) is 50.8 Å². The summed E-state index contributed by atoms with van der Waals surface area (Å²) in [5.74, 6) is -5.05. The molecule has 2 aromatic heterocycles. The van der Waals surface area contributed by atoms with Gasteiger partial charge in [0.1, 0.15) is 0 Å². The highest BCUT2D eigenvalue weighted by Crippen LogP contribution is 2.29. The van der Waals surface area contributed by atoms with E-state index >= 15 is 0 Å². The van der Waals surface area contributed by atoms with E-state index in [0.717, 1.165) is 32.1 Å². The zero-order chi connectivity index (χ0) is 29.2. The van der Waals surface area contributed by atoms with Gasteiger partial charge in [-0.2, -0.15) is 31.4 Å². The maximum atomic E-state index is 12.2. The van der Waals surface area contributed by atoms with Crippen molar-refractivity contribution in [2.75, 3.05) is 13.1 Å². The van der Waals surface area contributed by atoms with Gasteiger partial charge in [0.25, 0.3) is 5.91 Å². The van der Waals surface area contributed by atoms with Gasteiger partial charge in [-0.15, -0.1) is 0 Å². The summed E-state index contributed by atoms with van der Waals surface area (Å²) in [4.78, 5) is 36.6. The van der Waals surface area contributed by atoms with E-state index in [0.29, 0.717) is 18.0 Å². The van der Waals surface area contributed by atoms with Crippen LogP contribution in [0.2, 0.25) is 0 Å². The second-order valence-electron chi connectivity index (χ2n) is 8.78. The van der Waals surface area contributed by atoms with Crippen LogP contribution in [0.5, 0.6) is 0 Å². The number of halogens is 6. The number of aliphatic carboxylic acids is 2. The SMILES string of the molecule is O=C(NCCC1CN(C2CCC2)Cc2ccnn2C1)c1cccnc1.O=C(O)C(F)(F)F.O=C(O)C(F)(F)F. The number of carbonyl (C=O) groups is 3. The Bertz CT molecular complexity index is 1070. The second-order valence-corrected chi connectivity index (χ2v) is 8.78. The largest absolute Gasteiger partial charge is 0.490 e. The van der Waals surface area contributed by atoms with Gasteiger partial charge in [0.05, 0.1) is 11.3 Å². The van der Waals surface area contributed by atoms with E-state index in [-0.39, 0.29) is 5.91 Å². The molecule has 2 aliphatic rings. The van der Waals surface area contributed by atoms with Crippen LogP contribution in [-0.2, 0) is 22.7 Å². The number of fused-ring (bicyclic) bond motifs is 1. The van der Waals surface area contributed by atoms with Crippen LogP contribution in [0.25, 0.3) is 0 Å². The normalized spacial score (nSPS) is 17.6. The lowest BCUT2D eigenvalue weighted by molar-refractivity contribution is -0.193. The highest BCUT2D eigenvalue weighted by atomic mass is 19.4. The molecule has 1 atom stereocenters. The fraction of sp³-hybridized carbons (Fsp3) is 0.522. The maximum Gasteiger partial charge on any atom is 0.490 e. The first-order valence-corrected chi connectivity index (χ1v) is 11.7. The second kappa shape index (κ2) is 13.9. The van der Waals surface area contributed by atoms with E-state index in [1.165, 1.54) is 25.0 Å². The number of hydrogen-bond donors (Lipinski definition) is 3. The monoisotopic (exact) mass is 567 g/mol. The Morgan fingerprint density at radius 2 is 1.59 bits per heavy atom. The molecule has 216 valence electrons. The molecule has 1 aliphatic carbocycles. The summed E-state index contributed by atoms with van der Waals surface area (Å²) in [6, 6.07) is 6.45. The predicted octanol–water partition coefficient (Wildman–Crippen LogP) is 3.35. The van der Waals surface area contributed by atoms with Crippen molar-refractivity contribution < 1.29 is 50.9 Å². The third kappa shape index (κ3) is 10.5. The van der Waals surface area contributed by atoms with Crippen molar-refractivity contribution in [3.05, 3.63) is 48.0 Å². The summed E-state index contributed by atoms with van der Waals surface area (Å²) in [5, 5.41) is 21.8. The molecule has 4 rings (SSSR count). The molecular formula is C23H27F6N5O5. The first-order chi connectivity index (χ1) is 18.2. The van der Waals surface area contributed by atoms with E-state index in [9.17, 15) is 31.1 Å². The molecule has 1 saturated carbocycles. The molecule has 1 aliphatic heterocycles. The minimum absolute atomic E-state index is 0.0441. The van der Waals surface area contributed by atoms with Gasteiger partial charge < -0.3 is 15.5 Å². The number of carboxylic acids is 2. The molecule has 1 unspecified atom stereocenters. The molecule has 0 aromatic carbocycles. The third-order valence-electron chi connectivity index (χ3n) is 5.93. The van der Waals surface area contributed by atoms with E-state index in [2.05, 4.69) is 31.0 Å². The summed E-state index contributed by atoms with van der Waals surface area (Å²) < 4.78 is 65.6. The smallest absolute Gasteiger partial charge is 0.475 e. The molecule has 39 heavy (non-hydrogen) atoms. The van der Waals surface area contributed by atoms with Crippen LogP contribution in [0.4, 0.5) is 26.3 Å². The lowest BCUT2D eigenvalue weighted by Crippen LogP contribution is -2.42. The van der Waals surface area contributed by atoms with Gasteiger partial charge in [0.2, 0.25) is 0 Å². The van der Waals surface area contributed by atoms with Crippen molar-refractivity contribution in [3.8, 4) is 0 Å². The first-order valence-electron chi connectivity index (χ1n) is 11.7. The molecule has 16 heteroatoms. The molecule has 10 nitrogen and oxygen atoms in total. The van der Waals surface area contributed by atoms with Crippen LogP contribution in [0.1, 0.15) is 41.7 Å². The standard InChI is InChI=1S/C19H25N5O.2C2HF3O2/c25-19(16-3-2-8-20-11-16)21-9-6-15-12-23(17-4-1-5-17)14-18-7-10-22-24(18)13-15;2*3-2(4,5)1(6)7/h2-3,7-8,10-11,15,17H,1,4-6,9,12-14H2,(H,21,25);2*(H,6,7). The highest BCUT2D eigenvalue weighted by molar-refractivity contribution is 5.93. The summed E-state index contributed by atoms with van der Waals surface area (Å²) in [6.07, 6.45) is -0.0207. The Balaban J connectivity index is 0.000000317. The number of hydrogen-bond acceptors (Lipinski definition) is 6. The van der Waals surface area contributed by atoms with Crippen LogP contribution in [0, 0.1) is 5.92 Å². The number of rotatable bonds is 5. The van der Waals surface area contributed by atoms with Crippen LogP contribution < -0.4 is 5.32 Å². The molecule has 0 spiro atoms. The van der Waals surface area contributed by atoms with Crippen molar-refractivity contribution in [1.29, 1.82) is 0 Å².